The Labute approximate surface area is 199 Å². The van der Waals surface area contributed by atoms with Gasteiger partial charge in [-0.3, -0.25) is 4.40 Å². The molecule has 2 aromatic heterocycles. The van der Waals surface area contributed by atoms with Gasteiger partial charge in [0.05, 0.1) is 11.4 Å². The van der Waals surface area contributed by atoms with E-state index in [1.807, 2.05) is 12.4 Å². The smallest absolute Gasteiger partial charge is 0.181 e. The molecule has 1 fully saturated rings. The van der Waals surface area contributed by atoms with Crippen LogP contribution in [-0.4, -0.2) is 26.5 Å². The molecule has 6 heteroatoms. The van der Waals surface area contributed by atoms with Gasteiger partial charge in [0.25, 0.3) is 0 Å². The summed E-state index contributed by atoms with van der Waals surface area (Å²) >= 11 is 0. The Kier molecular flexibility index (Phi) is 4.73. The number of hydrogen-bond acceptors (Lipinski definition) is 4. The number of fused-ring (bicyclic) bond motifs is 2. The zero-order valence-electron chi connectivity index (χ0n) is 19.6. The highest BCUT2D eigenvalue weighted by Gasteiger charge is 2.33. The van der Waals surface area contributed by atoms with Gasteiger partial charge in [0.1, 0.15) is 5.82 Å². The molecule has 2 aromatic carbocycles. The van der Waals surface area contributed by atoms with E-state index in [2.05, 4.69) is 53.2 Å². The maximum Gasteiger partial charge on any atom is 0.181 e. The highest BCUT2D eigenvalue weighted by molar-refractivity contribution is 5.86. The third-order valence-corrected chi connectivity index (χ3v) is 7.14. The van der Waals surface area contributed by atoms with Gasteiger partial charge in [-0.25, -0.2) is 14.4 Å². The quantitative estimate of drug-likeness (QED) is 0.387. The maximum atomic E-state index is 13.8. The number of benzene rings is 2. The Morgan fingerprint density at radius 2 is 1.85 bits per heavy atom. The summed E-state index contributed by atoms with van der Waals surface area (Å²) in [6, 6.07) is 13.0. The molecule has 172 valence electrons. The summed E-state index contributed by atoms with van der Waals surface area (Å²) in [5.74, 6) is 0.645. The van der Waals surface area contributed by atoms with Crippen LogP contribution >= 0.6 is 0 Å². The molecule has 5 nitrogen and oxygen atoms in total. The zero-order valence-corrected chi connectivity index (χ0v) is 19.6. The molecule has 0 bridgehead atoms. The molecule has 2 aliphatic heterocycles. The van der Waals surface area contributed by atoms with Crippen LogP contribution in [0.25, 0.3) is 28.2 Å². The van der Waals surface area contributed by atoms with Crippen LogP contribution in [0.5, 0.6) is 0 Å². The average Bonchev–Trinajstić information content (AvgIpc) is 3.38. The van der Waals surface area contributed by atoms with E-state index in [-0.39, 0.29) is 11.4 Å². The Bertz CT molecular complexity index is 1420. The average molecular weight is 454 g/mol. The summed E-state index contributed by atoms with van der Waals surface area (Å²) in [4.78, 5) is 12.3. The molecule has 1 N–H and O–H groups in total. The highest BCUT2D eigenvalue weighted by Crippen LogP contribution is 2.40. The molecular weight excluding hydrogens is 425 g/mol. The minimum atomic E-state index is -0.256. The van der Waals surface area contributed by atoms with Crippen molar-refractivity contribution in [2.45, 2.75) is 45.1 Å². The molecule has 0 spiro atoms. The summed E-state index contributed by atoms with van der Waals surface area (Å²) in [6.07, 6.45) is 8.14. The number of rotatable bonds is 3. The summed E-state index contributed by atoms with van der Waals surface area (Å²) in [7, 11) is 0. The van der Waals surface area contributed by atoms with Crippen LogP contribution in [0, 0.1) is 5.82 Å². The monoisotopic (exact) mass is 453 g/mol. The van der Waals surface area contributed by atoms with Crippen LogP contribution in [0.4, 0.5) is 15.9 Å². The second-order valence-electron chi connectivity index (χ2n) is 9.96. The van der Waals surface area contributed by atoms with E-state index in [4.69, 9.17) is 9.97 Å². The van der Waals surface area contributed by atoms with Gasteiger partial charge in [-0.1, -0.05) is 12.6 Å². The molecule has 4 heterocycles. The lowest BCUT2D eigenvalue weighted by Gasteiger charge is -2.43. The number of aromatic nitrogens is 3. The number of halogens is 1. The Morgan fingerprint density at radius 3 is 2.65 bits per heavy atom. The van der Waals surface area contributed by atoms with E-state index in [0.29, 0.717) is 0 Å². The number of nitrogens with one attached hydrogen (secondary N) is 1. The third-order valence-electron chi connectivity index (χ3n) is 7.14. The zero-order chi connectivity index (χ0) is 23.4. The van der Waals surface area contributed by atoms with E-state index in [1.54, 1.807) is 12.1 Å². The number of allylic oxidation sites excluding steroid dienone is 1. The van der Waals surface area contributed by atoms with Crippen LogP contribution in [-0.2, 0) is 6.42 Å². The van der Waals surface area contributed by atoms with Gasteiger partial charge in [0.15, 0.2) is 11.5 Å². The van der Waals surface area contributed by atoms with Crippen molar-refractivity contribution in [3.63, 3.8) is 0 Å². The Balaban J connectivity index is 1.60. The summed E-state index contributed by atoms with van der Waals surface area (Å²) < 4.78 is 15.9. The molecule has 2 aliphatic rings. The second-order valence-corrected chi connectivity index (χ2v) is 9.96. The van der Waals surface area contributed by atoms with Crippen molar-refractivity contribution < 1.29 is 4.39 Å². The van der Waals surface area contributed by atoms with Crippen molar-refractivity contribution in [2.75, 3.05) is 16.8 Å². The SMILES string of the molecule is C=C1Cc2cc(-c3c(-c4ccc(F)cc4)nc4c(N5CCCCC5(C)C)nccn34)ccc2N1. The van der Waals surface area contributed by atoms with Crippen LogP contribution in [0.2, 0.25) is 0 Å². The van der Waals surface area contributed by atoms with Crippen molar-refractivity contribution in [2.24, 2.45) is 0 Å². The van der Waals surface area contributed by atoms with E-state index in [1.165, 1.54) is 24.1 Å². The Hall–Kier alpha value is -3.67. The van der Waals surface area contributed by atoms with Gasteiger partial charge in [0.2, 0.25) is 0 Å². The first kappa shape index (κ1) is 20.9. The van der Waals surface area contributed by atoms with Crippen LogP contribution in [0.1, 0.15) is 38.7 Å². The van der Waals surface area contributed by atoms with Crippen LogP contribution in [0.15, 0.2) is 67.1 Å². The predicted molar refractivity (Wildman–Crippen MR) is 136 cm³/mol. The maximum absolute atomic E-state index is 13.8. The molecule has 0 amide bonds. The first-order valence-corrected chi connectivity index (χ1v) is 11.9. The first-order chi connectivity index (χ1) is 16.4. The largest absolute Gasteiger partial charge is 0.359 e. The predicted octanol–water partition coefficient (Wildman–Crippen LogP) is 6.45. The first-order valence-electron chi connectivity index (χ1n) is 11.9. The lowest BCUT2D eigenvalue weighted by molar-refractivity contribution is 0.359. The summed E-state index contributed by atoms with van der Waals surface area (Å²) in [5, 5.41) is 3.35. The molecule has 0 atom stereocenters. The van der Waals surface area contributed by atoms with Gasteiger partial charge in [-0.05, 0) is 75.1 Å². The normalized spacial score (nSPS) is 17.1. The molecule has 0 radical (unpaired) electrons. The van der Waals surface area contributed by atoms with Crippen molar-refractivity contribution in [3.05, 3.63) is 78.5 Å². The molecule has 0 unspecified atom stereocenters. The van der Waals surface area contributed by atoms with Gasteiger partial charge in [-0.2, -0.15) is 0 Å². The highest BCUT2D eigenvalue weighted by atomic mass is 19.1. The van der Waals surface area contributed by atoms with Crippen molar-refractivity contribution >= 4 is 17.2 Å². The van der Waals surface area contributed by atoms with Gasteiger partial charge < -0.3 is 10.2 Å². The number of anilines is 2. The lowest BCUT2D eigenvalue weighted by atomic mass is 9.90. The minimum Gasteiger partial charge on any atom is -0.359 e. The fourth-order valence-corrected chi connectivity index (χ4v) is 5.37. The number of hydrogen-bond donors (Lipinski definition) is 1. The molecule has 34 heavy (non-hydrogen) atoms. The minimum absolute atomic E-state index is 0.00878. The molecule has 4 aromatic rings. The van der Waals surface area contributed by atoms with Crippen molar-refractivity contribution in [1.82, 2.24) is 14.4 Å². The summed E-state index contributed by atoms with van der Waals surface area (Å²) in [6.45, 7) is 9.60. The fourth-order valence-electron chi connectivity index (χ4n) is 5.37. The van der Waals surface area contributed by atoms with Gasteiger partial charge in [-0.15, -0.1) is 0 Å². The van der Waals surface area contributed by atoms with E-state index in [0.717, 1.165) is 71.2 Å². The van der Waals surface area contributed by atoms with Gasteiger partial charge >= 0.3 is 0 Å². The molecule has 6 rings (SSSR count). The van der Waals surface area contributed by atoms with Gasteiger partial charge in [0, 0.05) is 53.4 Å². The van der Waals surface area contributed by atoms with E-state index in [9.17, 15) is 4.39 Å². The molecular formula is C28H28FN5. The topological polar surface area (TPSA) is 45.5 Å². The number of piperidine rings is 1. The molecule has 0 saturated carbocycles. The third kappa shape index (κ3) is 3.36. The van der Waals surface area contributed by atoms with Crippen LogP contribution in [0.3, 0.4) is 0 Å². The second kappa shape index (κ2) is 7.69. The lowest BCUT2D eigenvalue weighted by Crippen LogP contribution is -2.48. The molecule has 0 aliphatic carbocycles. The standard InChI is InChI=1S/C28H28FN5/c1-18-16-21-17-20(8-11-23(21)31-18)25-24(19-6-9-22(29)10-7-19)32-27-26(30-13-15-33(25)27)34-14-5-4-12-28(34,2)3/h6-11,13,15,17,31H,1,4-5,12,14,16H2,2-3H3. The number of imidazole rings is 1. The van der Waals surface area contributed by atoms with Crippen molar-refractivity contribution in [3.8, 4) is 22.5 Å². The van der Waals surface area contributed by atoms with E-state index < -0.39 is 0 Å². The van der Waals surface area contributed by atoms with E-state index >= 15 is 0 Å². The fraction of sp³-hybridized carbons (Fsp3) is 0.286. The Morgan fingerprint density at radius 1 is 1.06 bits per heavy atom. The van der Waals surface area contributed by atoms with Crippen LogP contribution < -0.4 is 10.2 Å². The van der Waals surface area contributed by atoms with Crippen molar-refractivity contribution in [1.29, 1.82) is 0 Å². The molecule has 1 saturated heterocycles. The summed E-state index contributed by atoms with van der Waals surface area (Å²) in [5.41, 5.74) is 7.92. The number of nitrogens with zero attached hydrogens (tertiary/aromatic N) is 4.